The van der Waals surface area contributed by atoms with Crippen molar-refractivity contribution in [1.82, 2.24) is 4.98 Å². The first kappa shape index (κ1) is 11.4. The molecule has 1 aliphatic rings. The Morgan fingerprint density at radius 2 is 2.38 bits per heavy atom. The molecule has 5 heteroatoms. The zero-order valence-corrected chi connectivity index (χ0v) is 10.6. The van der Waals surface area contributed by atoms with Gasteiger partial charge in [-0.05, 0) is 34.0 Å². The molecule has 0 saturated carbocycles. The first-order valence-corrected chi connectivity index (χ1v) is 6.03. The topological polar surface area (TPSA) is 59.2 Å². The van der Waals surface area contributed by atoms with Crippen molar-refractivity contribution in [2.24, 2.45) is 17.6 Å². The molecule has 0 unspecified atom stereocenters. The molecule has 2 atom stereocenters. The van der Waals surface area contributed by atoms with E-state index >= 15 is 0 Å². The Morgan fingerprint density at radius 3 is 2.94 bits per heavy atom. The minimum atomic E-state index is -0.220. The number of pyridine rings is 1. The van der Waals surface area contributed by atoms with Crippen LogP contribution in [0, 0.1) is 11.8 Å². The summed E-state index contributed by atoms with van der Waals surface area (Å²) < 4.78 is 0.951. The molecule has 1 aromatic heterocycles. The van der Waals surface area contributed by atoms with Crippen LogP contribution in [0.1, 0.15) is 6.92 Å². The van der Waals surface area contributed by atoms with Gasteiger partial charge in [0.1, 0.15) is 5.82 Å². The number of anilines is 1. The SMILES string of the molecule is C[C@@H]1CN(c2ncccc2Br)C[C@H]1C(N)=O. The molecule has 0 spiro atoms. The highest BCUT2D eigenvalue weighted by molar-refractivity contribution is 9.10. The lowest BCUT2D eigenvalue weighted by atomic mass is 9.98. The molecule has 0 radical (unpaired) electrons. The van der Waals surface area contributed by atoms with Crippen molar-refractivity contribution in [3.63, 3.8) is 0 Å². The lowest BCUT2D eigenvalue weighted by Crippen LogP contribution is -2.29. The van der Waals surface area contributed by atoms with E-state index in [0.29, 0.717) is 6.54 Å². The van der Waals surface area contributed by atoms with Gasteiger partial charge < -0.3 is 10.6 Å². The predicted octanol–water partition coefficient (Wildman–Crippen LogP) is 1.40. The van der Waals surface area contributed by atoms with E-state index in [2.05, 4.69) is 25.8 Å². The van der Waals surface area contributed by atoms with Gasteiger partial charge in [0.05, 0.1) is 10.4 Å². The number of primary amides is 1. The largest absolute Gasteiger partial charge is 0.369 e. The fourth-order valence-corrected chi connectivity index (χ4v) is 2.63. The number of rotatable bonds is 2. The van der Waals surface area contributed by atoms with Crippen LogP contribution in [0.2, 0.25) is 0 Å². The first-order chi connectivity index (χ1) is 7.59. The van der Waals surface area contributed by atoms with Gasteiger partial charge in [0.15, 0.2) is 0 Å². The lowest BCUT2D eigenvalue weighted by molar-refractivity contribution is -0.122. The van der Waals surface area contributed by atoms with E-state index in [9.17, 15) is 4.79 Å². The minimum Gasteiger partial charge on any atom is -0.369 e. The van der Waals surface area contributed by atoms with Gasteiger partial charge in [-0.15, -0.1) is 0 Å². The van der Waals surface area contributed by atoms with Crippen LogP contribution >= 0.6 is 15.9 Å². The number of carbonyl (C=O) groups excluding carboxylic acids is 1. The summed E-state index contributed by atoms with van der Waals surface area (Å²) in [6, 6.07) is 3.82. The van der Waals surface area contributed by atoms with Crippen molar-refractivity contribution in [3.05, 3.63) is 22.8 Å². The van der Waals surface area contributed by atoms with Crippen molar-refractivity contribution in [2.45, 2.75) is 6.92 Å². The molecule has 16 heavy (non-hydrogen) atoms. The van der Waals surface area contributed by atoms with E-state index < -0.39 is 0 Å². The smallest absolute Gasteiger partial charge is 0.222 e. The second-order valence-electron chi connectivity index (χ2n) is 4.20. The van der Waals surface area contributed by atoms with Crippen LogP contribution in [0.3, 0.4) is 0 Å². The zero-order valence-electron chi connectivity index (χ0n) is 9.06. The van der Waals surface area contributed by atoms with Crippen molar-refractivity contribution < 1.29 is 4.79 Å². The molecule has 1 saturated heterocycles. The summed E-state index contributed by atoms with van der Waals surface area (Å²) in [5.74, 6) is 0.875. The molecule has 1 aromatic rings. The van der Waals surface area contributed by atoms with Crippen LogP contribution < -0.4 is 10.6 Å². The fraction of sp³-hybridized carbons (Fsp3) is 0.455. The molecule has 0 bridgehead atoms. The van der Waals surface area contributed by atoms with Crippen molar-refractivity contribution >= 4 is 27.7 Å². The second-order valence-corrected chi connectivity index (χ2v) is 5.05. The van der Waals surface area contributed by atoms with Crippen LogP contribution in [0.25, 0.3) is 0 Å². The second kappa shape index (κ2) is 4.41. The highest BCUT2D eigenvalue weighted by Crippen LogP contribution is 2.30. The summed E-state index contributed by atoms with van der Waals surface area (Å²) in [5, 5.41) is 0. The molecular formula is C11H14BrN3O. The summed E-state index contributed by atoms with van der Waals surface area (Å²) in [6.45, 7) is 3.53. The van der Waals surface area contributed by atoms with Crippen LogP contribution in [0.4, 0.5) is 5.82 Å². The van der Waals surface area contributed by atoms with E-state index in [1.807, 2.05) is 19.1 Å². The Hall–Kier alpha value is -1.10. The van der Waals surface area contributed by atoms with Gasteiger partial charge in [-0.25, -0.2) is 4.98 Å². The number of aromatic nitrogens is 1. The Labute approximate surface area is 103 Å². The Bertz CT molecular complexity index is 410. The normalized spacial score (nSPS) is 24.8. The van der Waals surface area contributed by atoms with E-state index in [0.717, 1.165) is 16.8 Å². The zero-order chi connectivity index (χ0) is 11.7. The molecule has 4 nitrogen and oxygen atoms in total. The summed E-state index contributed by atoms with van der Waals surface area (Å²) in [6.07, 6.45) is 1.75. The molecule has 0 aliphatic carbocycles. The summed E-state index contributed by atoms with van der Waals surface area (Å²) >= 11 is 3.46. The maximum Gasteiger partial charge on any atom is 0.222 e. The van der Waals surface area contributed by atoms with Crippen LogP contribution in [-0.4, -0.2) is 24.0 Å². The molecule has 2 N–H and O–H groups in total. The minimum absolute atomic E-state index is 0.0751. The Balaban J connectivity index is 2.20. The molecule has 86 valence electrons. The van der Waals surface area contributed by atoms with Crippen LogP contribution in [-0.2, 0) is 4.79 Å². The van der Waals surface area contributed by atoms with Gasteiger partial charge in [0, 0.05) is 19.3 Å². The van der Waals surface area contributed by atoms with Gasteiger partial charge >= 0.3 is 0 Å². The molecule has 2 heterocycles. The molecule has 1 aliphatic heterocycles. The third-order valence-corrected chi connectivity index (χ3v) is 3.64. The number of halogens is 1. The lowest BCUT2D eigenvalue weighted by Gasteiger charge is -2.18. The standard InChI is InChI=1S/C11H14BrN3O/c1-7-5-15(6-8(7)10(13)16)11-9(12)3-2-4-14-11/h2-4,7-8H,5-6H2,1H3,(H2,13,16)/t7-,8-/m1/s1. The number of hydrogen-bond donors (Lipinski definition) is 1. The van der Waals surface area contributed by atoms with Crippen molar-refractivity contribution in [2.75, 3.05) is 18.0 Å². The molecule has 0 aromatic carbocycles. The third-order valence-electron chi connectivity index (χ3n) is 3.02. The quantitative estimate of drug-likeness (QED) is 0.893. The van der Waals surface area contributed by atoms with Crippen LogP contribution in [0.5, 0.6) is 0 Å². The predicted molar refractivity (Wildman–Crippen MR) is 66.0 cm³/mol. The summed E-state index contributed by atoms with van der Waals surface area (Å²) in [4.78, 5) is 17.7. The molecule has 2 rings (SSSR count). The third kappa shape index (κ3) is 2.04. The average molecular weight is 284 g/mol. The van der Waals surface area contributed by atoms with Crippen molar-refractivity contribution in [3.8, 4) is 0 Å². The van der Waals surface area contributed by atoms with E-state index in [1.165, 1.54) is 0 Å². The van der Waals surface area contributed by atoms with Gasteiger partial charge in [-0.3, -0.25) is 4.79 Å². The van der Waals surface area contributed by atoms with E-state index in [1.54, 1.807) is 6.20 Å². The fourth-order valence-electron chi connectivity index (χ4n) is 2.12. The maximum absolute atomic E-state index is 11.2. The Kier molecular flexibility index (Phi) is 3.14. The number of hydrogen-bond acceptors (Lipinski definition) is 3. The Morgan fingerprint density at radius 1 is 1.62 bits per heavy atom. The number of amides is 1. The number of carbonyl (C=O) groups is 1. The summed E-state index contributed by atoms with van der Waals surface area (Å²) in [5.41, 5.74) is 5.37. The van der Waals surface area contributed by atoms with E-state index in [4.69, 9.17) is 5.73 Å². The van der Waals surface area contributed by atoms with Gasteiger partial charge in [0.2, 0.25) is 5.91 Å². The molecule has 1 amide bonds. The van der Waals surface area contributed by atoms with Gasteiger partial charge in [-0.1, -0.05) is 6.92 Å². The first-order valence-electron chi connectivity index (χ1n) is 5.24. The molecular weight excluding hydrogens is 270 g/mol. The highest BCUT2D eigenvalue weighted by atomic mass is 79.9. The average Bonchev–Trinajstić information content (AvgIpc) is 2.61. The number of nitrogens with two attached hydrogens (primary N) is 1. The van der Waals surface area contributed by atoms with Gasteiger partial charge in [0.25, 0.3) is 0 Å². The van der Waals surface area contributed by atoms with Crippen molar-refractivity contribution in [1.29, 1.82) is 0 Å². The van der Waals surface area contributed by atoms with E-state index in [-0.39, 0.29) is 17.7 Å². The maximum atomic E-state index is 11.2. The number of nitrogens with zero attached hydrogens (tertiary/aromatic N) is 2. The van der Waals surface area contributed by atoms with Gasteiger partial charge in [-0.2, -0.15) is 0 Å². The highest BCUT2D eigenvalue weighted by Gasteiger charge is 2.34. The summed E-state index contributed by atoms with van der Waals surface area (Å²) in [7, 11) is 0. The van der Waals surface area contributed by atoms with Crippen LogP contribution in [0.15, 0.2) is 22.8 Å². The monoisotopic (exact) mass is 283 g/mol. The molecule has 1 fully saturated rings.